The number of aryl methyl sites for hydroxylation is 1. The number of fused-ring (bicyclic) bond motifs is 3. The molecule has 0 radical (unpaired) electrons. The number of pyridine rings is 2. The first-order valence-electron chi connectivity index (χ1n) is 10.3. The highest BCUT2D eigenvalue weighted by atomic mass is 16.5. The van der Waals surface area contributed by atoms with Gasteiger partial charge in [-0.15, -0.1) is 0 Å². The van der Waals surface area contributed by atoms with Gasteiger partial charge in [-0.05, 0) is 23.8 Å². The lowest BCUT2D eigenvalue weighted by molar-refractivity contribution is -0.0730. The Hall–Kier alpha value is -2.96. The highest BCUT2D eigenvalue weighted by Gasteiger charge is 2.31. The second kappa shape index (κ2) is 8.05. The van der Waals surface area contributed by atoms with Crippen LogP contribution in [0.25, 0.3) is 32.9 Å². The second-order valence-corrected chi connectivity index (χ2v) is 7.77. The summed E-state index contributed by atoms with van der Waals surface area (Å²) < 4.78 is 18.9. The molecule has 1 fully saturated rings. The molecule has 154 valence electrons. The maximum atomic E-state index is 5.97. The fraction of sp³-hybridized carbons (Fsp3) is 0.333. The lowest BCUT2D eigenvalue weighted by atomic mass is 9.92. The molecule has 6 heteroatoms. The van der Waals surface area contributed by atoms with Crippen molar-refractivity contribution in [1.29, 1.82) is 0 Å². The van der Waals surface area contributed by atoms with Crippen LogP contribution in [-0.4, -0.2) is 47.1 Å². The zero-order valence-electron chi connectivity index (χ0n) is 17.2. The van der Waals surface area contributed by atoms with E-state index in [4.69, 9.17) is 14.2 Å². The maximum absolute atomic E-state index is 5.97. The van der Waals surface area contributed by atoms with Gasteiger partial charge in [0, 0.05) is 73.5 Å². The Bertz CT molecular complexity index is 1160. The van der Waals surface area contributed by atoms with Crippen LogP contribution >= 0.6 is 0 Å². The van der Waals surface area contributed by atoms with Crippen molar-refractivity contribution in [3.05, 3.63) is 55.0 Å². The van der Waals surface area contributed by atoms with Gasteiger partial charge in [0.15, 0.2) is 0 Å². The van der Waals surface area contributed by atoms with E-state index in [2.05, 4.69) is 51.9 Å². The number of hydrogen-bond acceptors (Lipinski definition) is 5. The summed E-state index contributed by atoms with van der Waals surface area (Å²) in [5, 5.41) is 2.39. The van der Waals surface area contributed by atoms with Crippen molar-refractivity contribution in [3.8, 4) is 17.0 Å². The smallest absolute Gasteiger partial charge is 0.213 e. The number of rotatable bonds is 7. The predicted molar refractivity (Wildman–Crippen MR) is 117 cm³/mol. The third-order valence-electron chi connectivity index (χ3n) is 5.86. The van der Waals surface area contributed by atoms with E-state index in [1.54, 1.807) is 7.11 Å². The Labute approximate surface area is 175 Å². The summed E-state index contributed by atoms with van der Waals surface area (Å²) in [6.45, 7) is 1.27. The van der Waals surface area contributed by atoms with Crippen LogP contribution in [0.1, 0.15) is 12.8 Å². The van der Waals surface area contributed by atoms with Crippen LogP contribution < -0.4 is 4.74 Å². The Morgan fingerprint density at radius 2 is 1.80 bits per heavy atom. The summed E-state index contributed by atoms with van der Waals surface area (Å²) in [6.07, 6.45) is 7.90. The largest absolute Gasteiger partial charge is 0.474 e. The van der Waals surface area contributed by atoms with Crippen LogP contribution in [0.4, 0.5) is 0 Å². The molecule has 1 aromatic carbocycles. The molecule has 30 heavy (non-hydrogen) atoms. The molecule has 1 saturated carbocycles. The van der Waals surface area contributed by atoms with Crippen LogP contribution in [0.5, 0.6) is 5.88 Å². The van der Waals surface area contributed by atoms with E-state index in [-0.39, 0.29) is 12.2 Å². The summed E-state index contributed by atoms with van der Waals surface area (Å²) in [7, 11) is 3.78. The van der Waals surface area contributed by atoms with E-state index in [1.807, 2.05) is 24.7 Å². The molecule has 0 atom stereocenters. The van der Waals surface area contributed by atoms with E-state index in [9.17, 15) is 0 Å². The molecule has 0 N–H and O–H groups in total. The molecule has 0 spiro atoms. The minimum absolute atomic E-state index is 0.177. The number of hydrogen-bond donors (Lipinski definition) is 0. The van der Waals surface area contributed by atoms with Crippen molar-refractivity contribution < 1.29 is 14.2 Å². The zero-order valence-corrected chi connectivity index (χ0v) is 17.2. The molecule has 3 aromatic heterocycles. The van der Waals surface area contributed by atoms with Gasteiger partial charge in [0.2, 0.25) is 5.88 Å². The Morgan fingerprint density at radius 1 is 0.933 bits per heavy atom. The summed E-state index contributed by atoms with van der Waals surface area (Å²) in [4.78, 5) is 8.80. The van der Waals surface area contributed by atoms with Gasteiger partial charge in [-0.1, -0.05) is 12.1 Å². The molecule has 0 aliphatic heterocycles. The third kappa shape index (κ3) is 3.53. The minimum atomic E-state index is 0.177. The van der Waals surface area contributed by atoms with E-state index in [0.29, 0.717) is 19.1 Å². The van der Waals surface area contributed by atoms with Crippen LogP contribution in [0.2, 0.25) is 0 Å². The lowest BCUT2D eigenvalue weighted by Gasteiger charge is -2.34. The number of methoxy groups -OCH3 is 1. The van der Waals surface area contributed by atoms with Gasteiger partial charge in [0.1, 0.15) is 6.10 Å². The summed E-state index contributed by atoms with van der Waals surface area (Å²) >= 11 is 0. The van der Waals surface area contributed by atoms with Gasteiger partial charge in [0.05, 0.1) is 24.8 Å². The molecule has 1 aliphatic rings. The number of aromatic nitrogens is 3. The van der Waals surface area contributed by atoms with Crippen molar-refractivity contribution in [2.75, 3.05) is 20.3 Å². The molecular weight excluding hydrogens is 378 g/mol. The van der Waals surface area contributed by atoms with E-state index in [1.165, 1.54) is 21.8 Å². The van der Waals surface area contributed by atoms with Gasteiger partial charge in [-0.3, -0.25) is 4.98 Å². The van der Waals surface area contributed by atoms with Crippen molar-refractivity contribution in [2.24, 2.45) is 7.05 Å². The first-order valence-corrected chi connectivity index (χ1v) is 10.3. The van der Waals surface area contributed by atoms with Gasteiger partial charge in [0.25, 0.3) is 0 Å². The number of nitrogens with zero attached hydrogens (tertiary/aromatic N) is 3. The number of benzene rings is 1. The van der Waals surface area contributed by atoms with E-state index < -0.39 is 0 Å². The van der Waals surface area contributed by atoms with Crippen LogP contribution in [-0.2, 0) is 16.5 Å². The van der Waals surface area contributed by atoms with Crippen molar-refractivity contribution in [1.82, 2.24) is 14.5 Å². The fourth-order valence-corrected chi connectivity index (χ4v) is 4.07. The Balaban J connectivity index is 1.28. The quantitative estimate of drug-likeness (QED) is 0.429. The van der Waals surface area contributed by atoms with Gasteiger partial charge in [-0.2, -0.15) is 0 Å². The molecular formula is C24H25N3O3. The lowest BCUT2D eigenvalue weighted by Crippen LogP contribution is -2.40. The average Bonchev–Trinajstić information content (AvgIpc) is 3.04. The fourth-order valence-electron chi connectivity index (χ4n) is 4.07. The molecule has 0 saturated heterocycles. The molecule has 5 rings (SSSR count). The molecule has 6 nitrogen and oxygen atoms in total. The zero-order chi connectivity index (χ0) is 20.5. The van der Waals surface area contributed by atoms with Crippen LogP contribution in [0.3, 0.4) is 0 Å². The first kappa shape index (κ1) is 19.0. The summed E-state index contributed by atoms with van der Waals surface area (Å²) in [5.74, 6) is 0.663. The topological polar surface area (TPSA) is 58.4 Å². The normalized spacial score (nSPS) is 18.6. The molecule has 3 heterocycles. The third-order valence-corrected chi connectivity index (χ3v) is 5.86. The Morgan fingerprint density at radius 3 is 2.60 bits per heavy atom. The van der Waals surface area contributed by atoms with Crippen molar-refractivity contribution in [3.63, 3.8) is 0 Å². The molecule has 0 unspecified atom stereocenters. The summed E-state index contributed by atoms with van der Waals surface area (Å²) in [6, 6.07) is 12.6. The van der Waals surface area contributed by atoms with Crippen LogP contribution in [0, 0.1) is 0 Å². The van der Waals surface area contributed by atoms with Gasteiger partial charge < -0.3 is 18.8 Å². The Kier molecular flexibility index (Phi) is 5.11. The van der Waals surface area contributed by atoms with E-state index in [0.717, 1.165) is 24.0 Å². The van der Waals surface area contributed by atoms with Crippen molar-refractivity contribution >= 4 is 21.8 Å². The first-order chi connectivity index (χ1) is 14.7. The molecule has 1 aliphatic carbocycles. The van der Waals surface area contributed by atoms with Crippen LogP contribution in [0.15, 0.2) is 55.0 Å². The average molecular weight is 403 g/mol. The SMILES string of the molecule is COCCO[C@H]1C[C@H](Oc2ccc(-c3ccc4c5cnccc5n(C)c4c3)cn2)C1. The second-order valence-electron chi connectivity index (χ2n) is 7.77. The summed E-state index contributed by atoms with van der Waals surface area (Å²) in [5.41, 5.74) is 4.58. The molecule has 0 amide bonds. The van der Waals surface area contributed by atoms with Gasteiger partial charge in [-0.25, -0.2) is 4.98 Å². The monoisotopic (exact) mass is 403 g/mol. The van der Waals surface area contributed by atoms with Gasteiger partial charge >= 0.3 is 0 Å². The predicted octanol–water partition coefficient (Wildman–Crippen LogP) is 4.36. The molecule has 4 aromatic rings. The minimum Gasteiger partial charge on any atom is -0.474 e. The highest BCUT2D eigenvalue weighted by molar-refractivity contribution is 6.08. The standard InChI is InChI=1S/C24H25N3O3/c1-27-22-7-8-25-15-21(22)20-5-3-16(11-23(20)27)17-4-6-24(26-14-17)30-19-12-18(13-19)29-10-9-28-2/h3-8,11,14-15,18-19H,9-10,12-13H2,1-2H3/t18-,19-. The highest BCUT2D eigenvalue weighted by Crippen LogP contribution is 2.32. The van der Waals surface area contributed by atoms with E-state index >= 15 is 0 Å². The van der Waals surface area contributed by atoms with Crippen molar-refractivity contribution in [2.45, 2.75) is 25.0 Å². The molecule has 0 bridgehead atoms. The maximum Gasteiger partial charge on any atom is 0.213 e. The number of ether oxygens (including phenoxy) is 3.